The zero-order chi connectivity index (χ0) is 16.7. The first-order valence-electron chi connectivity index (χ1n) is 7.44. The maximum Gasteiger partial charge on any atom is 0.284 e. The fourth-order valence-corrected chi connectivity index (χ4v) is 2.96. The number of fused-ring (bicyclic) bond motifs is 1. The van der Waals surface area contributed by atoms with E-state index in [-0.39, 0.29) is 0 Å². The van der Waals surface area contributed by atoms with Crippen LogP contribution >= 0.6 is 15.9 Å². The highest BCUT2D eigenvalue weighted by Gasteiger charge is 2.20. The molecule has 4 rings (SSSR count). The van der Waals surface area contributed by atoms with Crippen molar-refractivity contribution in [2.45, 2.75) is 6.92 Å². The van der Waals surface area contributed by atoms with E-state index in [4.69, 9.17) is 4.98 Å². The SMILES string of the molecule is Cc1nn(-c2ccccc2)c2nc(-c3ccc(Br)cc3)c[n+]([O-])c12. The van der Waals surface area contributed by atoms with Gasteiger partial charge in [0.05, 0.1) is 5.69 Å². The largest absolute Gasteiger partial charge is 0.618 e. The van der Waals surface area contributed by atoms with E-state index in [9.17, 15) is 5.21 Å². The summed E-state index contributed by atoms with van der Waals surface area (Å²) < 4.78 is 3.54. The minimum absolute atomic E-state index is 0.486. The molecule has 0 N–H and O–H groups in total. The number of rotatable bonds is 2. The zero-order valence-corrected chi connectivity index (χ0v) is 14.4. The predicted octanol–water partition coefficient (Wildman–Crippen LogP) is 3.79. The van der Waals surface area contributed by atoms with Crippen molar-refractivity contribution >= 4 is 27.1 Å². The molecule has 0 radical (unpaired) electrons. The Labute approximate surface area is 146 Å². The van der Waals surface area contributed by atoms with Gasteiger partial charge < -0.3 is 5.21 Å². The van der Waals surface area contributed by atoms with Gasteiger partial charge in [0.15, 0.2) is 0 Å². The van der Waals surface area contributed by atoms with Crippen LogP contribution in [0, 0.1) is 12.1 Å². The topological polar surface area (TPSA) is 57.7 Å². The van der Waals surface area contributed by atoms with E-state index < -0.39 is 0 Å². The summed E-state index contributed by atoms with van der Waals surface area (Å²) in [5.74, 6) is 0. The first-order valence-corrected chi connectivity index (χ1v) is 8.24. The summed E-state index contributed by atoms with van der Waals surface area (Å²) in [7, 11) is 0. The monoisotopic (exact) mass is 380 g/mol. The highest BCUT2D eigenvalue weighted by Crippen LogP contribution is 2.23. The second-order valence-corrected chi connectivity index (χ2v) is 6.38. The summed E-state index contributed by atoms with van der Waals surface area (Å²) in [5, 5.41) is 17.0. The highest BCUT2D eigenvalue weighted by atomic mass is 79.9. The number of aryl methyl sites for hydroxylation is 1. The summed E-state index contributed by atoms with van der Waals surface area (Å²) in [6.07, 6.45) is 1.50. The Bertz CT molecular complexity index is 1030. The number of nitrogens with zero attached hydrogens (tertiary/aromatic N) is 4. The third-order valence-corrected chi connectivity index (χ3v) is 4.36. The second kappa shape index (κ2) is 5.72. The molecule has 0 bridgehead atoms. The molecule has 2 aromatic heterocycles. The summed E-state index contributed by atoms with van der Waals surface area (Å²) in [6, 6.07) is 17.4. The van der Waals surface area contributed by atoms with Crippen molar-refractivity contribution in [1.82, 2.24) is 14.8 Å². The second-order valence-electron chi connectivity index (χ2n) is 5.46. The molecule has 0 aliphatic rings. The number of hydrogen-bond acceptors (Lipinski definition) is 3. The first kappa shape index (κ1) is 14.8. The van der Waals surface area contributed by atoms with E-state index in [1.54, 1.807) is 4.68 Å². The molecular formula is C18H13BrN4O. The molecule has 0 aliphatic carbocycles. The van der Waals surface area contributed by atoms with Crippen molar-refractivity contribution in [1.29, 1.82) is 0 Å². The van der Waals surface area contributed by atoms with Gasteiger partial charge in [0.25, 0.3) is 5.52 Å². The third-order valence-electron chi connectivity index (χ3n) is 3.83. The first-order chi connectivity index (χ1) is 11.6. The van der Waals surface area contributed by atoms with Crippen LogP contribution < -0.4 is 4.73 Å². The van der Waals surface area contributed by atoms with Gasteiger partial charge in [-0.05, 0) is 31.2 Å². The van der Waals surface area contributed by atoms with Crippen molar-refractivity contribution in [2.75, 3.05) is 0 Å². The highest BCUT2D eigenvalue weighted by molar-refractivity contribution is 9.10. The Kier molecular flexibility index (Phi) is 3.54. The molecule has 0 spiro atoms. The molecule has 2 aromatic carbocycles. The maximum absolute atomic E-state index is 12.5. The number of aromatic nitrogens is 4. The van der Waals surface area contributed by atoms with E-state index in [0.717, 1.165) is 20.5 Å². The lowest BCUT2D eigenvalue weighted by atomic mass is 10.1. The molecule has 0 amide bonds. The Morgan fingerprint density at radius 3 is 2.46 bits per heavy atom. The number of benzene rings is 2. The fourth-order valence-electron chi connectivity index (χ4n) is 2.69. The van der Waals surface area contributed by atoms with Gasteiger partial charge in [-0.1, -0.05) is 46.3 Å². The van der Waals surface area contributed by atoms with Gasteiger partial charge in [-0.3, -0.25) is 0 Å². The van der Waals surface area contributed by atoms with Crippen molar-refractivity contribution in [2.24, 2.45) is 0 Å². The lowest BCUT2D eigenvalue weighted by Gasteiger charge is -2.05. The van der Waals surface area contributed by atoms with Crippen LogP contribution in [0.15, 0.2) is 65.3 Å². The molecule has 6 heteroatoms. The van der Waals surface area contributed by atoms with Crippen LogP contribution in [-0.4, -0.2) is 14.8 Å². The maximum atomic E-state index is 12.5. The Balaban J connectivity index is 1.98. The molecule has 0 saturated carbocycles. The fraction of sp³-hybridized carbons (Fsp3) is 0.0556. The van der Waals surface area contributed by atoms with Gasteiger partial charge in [-0.2, -0.15) is 9.83 Å². The Morgan fingerprint density at radius 1 is 1.04 bits per heavy atom. The van der Waals surface area contributed by atoms with E-state index in [1.165, 1.54) is 6.20 Å². The number of halogens is 1. The van der Waals surface area contributed by atoms with Crippen molar-refractivity contribution in [3.63, 3.8) is 0 Å². The van der Waals surface area contributed by atoms with E-state index >= 15 is 0 Å². The molecule has 24 heavy (non-hydrogen) atoms. The van der Waals surface area contributed by atoms with Crippen molar-refractivity contribution in [3.05, 3.63) is 76.2 Å². The van der Waals surface area contributed by atoms with Crippen LogP contribution in [0.1, 0.15) is 5.69 Å². The van der Waals surface area contributed by atoms with Crippen LogP contribution in [0.25, 0.3) is 28.1 Å². The molecule has 4 aromatic rings. The molecule has 2 heterocycles. The molecular weight excluding hydrogens is 368 g/mol. The molecule has 0 fully saturated rings. The standard InChI is InChI=1S/C18H13BrN4O/c1-12-17-18(23(21-12)15-5-3-2-4-6-15)20-16(11-22(17)24)13-7-9-14(19)10-8-13/h2-11H,1H3. The molecule has 0 saturated heterocycles. The van der Waals surface area contributed by atoms with Crippen LogP contribution in [-0.2, 0) is 0 Å². The lowest BCUT2D eigenvalue weighted by Crippen LogP contribution is -2.27. The predicted molar refractivity (Wildman–Crippen MR) is 95.7 cm³/mol. The molecule has 0 atom stereocenters. The van der Waals surface area contributed by atoms with Gasteiger partial charge in [0.1, 0.15) is 11.4 Å². The third kappa shape index (κ3) is 2.45. The minimum Gasteiger partial charge on any atom is -0.618 e. The van der Waals surface area contributed by atoms with Gasteiger partial charge in [-0.25, -0.2) is 9.67 Å². The van der Waals surface area contributed by atoms with Gasteiger partial charge in [-0.15, -0.1) is 0 Å². The number of para-hydroxylation sites is 1. The van der Waals surface area contributed by atoms with E-state index in [1.807, 2.05) is 61.5 Å². The minimum atomic E-state index is 0.486. The van der Waals surface area contributed by atoms with Gasteiger partial charge >= 0.3 is 0 Å². The normalized spacial score (nSPS) is 11.1. The summed E-state index contributed by atoms with van der Waals surface area (Å²) >= 11 is 3.42. The van der Waals surface area contributed by atoms with Crippen LogP contribution in [0.4, 0.5) is 0 Å². The average Bonchev–Trinajstić information content (AvgIpc) is 2.93. The lowest BCUT2D eigenvalue weighted by molar-refractivity contribution is -0.577. The van der Waals surface area contributed by atoms with Crippen molar-refractivity contribution in [3.8, 4) is 16.9 Å². The van der Waals surface area contributed by atoms with Gasteiger partial charge in [0.2, 0.25) is 11.8 Å². The smallest absolute Gasteiger partial charge is 0.284 e. The van der Waals surface area contributed by atoms with Crippen LogP contribution in [0.2, 0.25) is 0 Å². The Morgan fingerprint density at radius 2 is 1.75 bits per heavy atom. The van der Waals surface area contributed by atoms with E-state index in [2.05, 4.69) is 21.0 Å². The van der Waals surface area contributed by atoms with Crippen LogP contribution in [0.3, 0.4) is 0 Å². The van der Waals surface area contributed by atoms with Gasteiger partial charge in [0, 0.05) is 10.0 Å². The summed E-state index contributed by atoms with van der Waals surface area (Å²) in [6.45, 7) is 1.82. The Hall–Kier alpha value is -2.73. The van der Waals surface area contributed by atoms with Crippen molar-refractivity contribution < 1.29 is 4.73 Å². The molecule has 0 unspecified atom stereocenters. The molecule has 118 valence electrons. The average molecular weight is 381 g/mol. The quantitative estimate of drug-likeness (QED) is 0.392. The zero-order valence-electron chi connectivity index (χ0n) is 12.8. The van der Waals surface area contributed by atoms with Crippen LogP contribution in [0.5, 0.6) is 0 Å². The van der Waals surface area contributed by atoms with E-state index in [0.29, 0.717) is 22.6 Å². The number of hydrogen-bond donors (Lipinski definition) is 0. The molecule has 5 nitrogen and oxygen atoms in total. The summed E-state index contributed by atoms with van der Waals surface area (Å²) in [5.41, 5.74) is 4.05. The summed E-state index contributed by atoms with van der Waals surface area (Å²) in [4.78, 5) is 4.70. The molecule has 0 aliphatic heterocycles.